The number of thioether (sulfide) groups is 1. The van der Waals surface area contributed by atoms with Crippen LogP contribution in [0.25, 0.3) is 0 Å². The lowest BCUT2D eigenvalue weighted by Gasteiger charge is -2.32. The summed E-state index contributed by atoms with van der Waals surface area (Å²) < 4.78 is 2.68. The van der Waals surface area contributed by atoms with Gasteiger partial charge in [-0.1, -0.05) is 13.1 Å². The summed E-state index contributed by atoms with van der Waals surface area (Å²) in [6.07, 6.45) is 1.93. The topological polar surface area (TPSA) is 15.6 Å². The Balaban J connectivity index is 2.07. The van der Waals surface area contributed by atoms with Gasteiger partial charge in [0.25, 0.3) is 0 Å². The van der Waals surface area contributed by atoms with Crippen LogP contribution in [0.5, 0.6) is 0 Å². The van der Waals surface area contributed by atoms with E-state index >= 15 is 0 Å². The van der Waals surface area contributed by atoms with Crippen molar-refractivity contribution in [1.82, 2.24) is 4.57 Å². The SMILES string of the molecule is C[Si]1(C)CCCN1C1CSC=N1. The molecule has 1 fully saturated rings. The number of rotatable bonds is 1. The first-order chi connectivity index (χ1) is 5.70. The van der Waals surface area contributed by atoms with Crippen LogP contribution in [0.2, 0.25) is 19.1 Å². The molecule has 0 N–H and O–H groups in total. The van der Waals surface area contributed by atoms with Crippen molar-refractivity contribution in [3.63, 3.8) is 0 Å². The molecule has 2 rings (SSSR count). The third-order valence-corrected chi connectivity index (χ3v) is 7.29. The van der Waals surface area contributed by atoms with Crippen LogP contribution in [0.4, 0.5) is 0 Å². The average Bonchev–Trinajstić information content (AvgIpc) is 2.55. The Hall–Kier alpha value is 0.197. The highest BCUT2D eigenvalue weighted by Crippen LogP contribution is 2.30. The minimum absolute atomic E-state index is 0.527. The molecule has 0 bridgehead atoms. The molecule has 1 atom stereocenters. The average molecular weight is 200 g/mol. The minimum atomic E-state index is -1.03. The largest absolute Gasteiger partial charge is 0.303 e. The Kier molecular flexibility index (Phi) is 2.31. The highest BCUT2D eigenvalue weighted by atomic mass is 32.2. The van der Waals surface area contributed by atoms with E-state index in [1.54, 1.807) is 0 Å². The Morgan fingerprint density at radius 3 is 2.92 bits per heavy atom. The number of hydrogen-bond donors (Lipinski definition) is 0. The van der Waals surface area contributed by atoms with Crippen molar-refractivity contribution in [3.05, 3.63) is 0 Å². The zero-order valence-corrected chi connectivity index (χ0v) is 9.60. The van der Waals surface area contributed by atoms with Crippen molar-refractivity contribution >= 4 is 25.5 Å². The molecule has 12 heavy (non-hydrogen) atoms. The molecule has 0 saturated carbocycles. The van der Waals surface area contributed by atoms with Gasteiger partial charge in [-0.05, 0) is 19.0 Å². The first kappa shape index (κ1) is 8.78. The molecule has 0 amide bonds. The van der Waals surface area contributed by atoms with Gasteiger partial charge in [-0.15, -0.1) is 11.8 Å². The molecule has 4 heteroatoms. The molecule has 0 aromatic rings. The molecule has 2 heterocycles. The molecule has 1 saturated heterocycles. The van der Waals surface area contributed by atoms with Gasteiger partial charge < -0.3 is 4.57 Å². The second kappa shape index (κ2) is 3.16. The van der Waals surface area contributed by atoms with Crippen LogP contribution in [-0.4, -0.2) is 36.8 Å². The van der Waals surface area contributed by atoms with E-state index in [2.05, 4.69) is 22.7 Å². The van der Waals surface area contributed by atoms with Gasteiger partial charge in [0.1, 0.15) is 14.4 Å². The van der Waals surface area contributed by atoms with Gasteiger partial charge in [-0.2, -0.15) is 0 Å². The Bertz CT molecular complexity index is 205. The van der Waals surface area contributed by atoms with Crippen LogP contribution < -0.4 is 0 Å². The van der Waals surface area contributed by atoms with E-state index in [1.807, 2.05) is 17.3 Å². The third kappa shape index (κ3) is 1.47. The van der Waals surface area contributed by atoms with Gasteiger partial charge >= 0.3 is 0 Å². The van der Waals surface area contributed by atoms with E-state index in [-0.39, 0.29) is 0 Å². The van der Waals surface area contributed by atoms with Gasteiger partial charge in [-0.3, -0.25) is 4.99 Å². The van der Waals surface area contributed by atoms with Crippen LogP contribution in [0.15, 0.2) is 4.99 Å². The minimum Gasteiger partial charge on any atom is -0.303 e. The first-order valence-electron chi connectivity index (χ1n) is 4.60. The van der Waals surface area contributed by atoms with Crippen LogP contribution in [0.1, 0.15) is 6.42 Å². The van der Waals surface area contributed by atoms with Gasteiger partial charge in [0.05, 0.1) is 5.55 Å². The van der Waals surface area contributed by atoms with E-state index in [9.17, 15) is 0 Å². The summed E-state index contributed by atoms with van der Waals surface area (Å²) in [4.78, 5) is 4.51. The Labute approximate surface area is 79.5 Å². The maximum Gasteiger partial charge on any atom is 0.124 e. The first-order valence-corrected chi connectivity index (χ1v) is 8.80. The maximum atomic E-state index is 4.51. The summed E-state index contributed by atoms with van der Waals surface area (Å²) >= 11 is 1.86. The van der Waals surface area contributed by atoms with Gasteiger partial charge in [0.2, 0.25) is 0 Å². The van der Waals surface area contributed by atoms with E-state index in [0.717, 1.165) is 0 Å². The lowest BCUT2D eigenvalue weighted by Crippen LogP contribution is -2.48. The quantitative estimate of drug-likeness (QED) is 0.602. The highest BCUT2D eigenvalue weighted by molar-refractivity contribution is 8.12. The van der Waals surface area contributed by atoms with Crippen LogP contribution in [-0.2, 0) is 0 Å². The van der Waals surface area contributed by atoms with E-state index in [0.29, 0.717) is 6.17 Å². The molecule has 1 unspecified atom stereocenters. The smallest absolute Gasteiger partial charge is 0.124 e. The van der Waals surface area contributed by atoms with Gasteiger partial charge in [0.15, 0.2) is 0 Å². The lowest BCUT2D eigenvalue weighted by molar-refractivity contribution is 0.379. The van der Waals surface area contributed by atoms with Crippen molar-refractivity contribution < 1.29 is 0 Å². The molecule has 0 aromatic heterocycles. The fourth-order valence-corrected chi connectivity index (χ4v) is 6.06. The number of aliphatic imine (C=N–C) groups is 1. The normalized spacial score (nSPS) is 34.7. The van der Waals surface area contributed by atoms with Crippen molar-refractivity contribution in [3.8, 4) is 0 Å². The fourth-order valence-electron chi connectivity index (χ4n) is 2.14. The number of nitrogens with zero attached hydrogens (tertiary/aromatic N) is 2. The Morgan fingerprint density at radius 1 is 1.58 bits per heavy atom. The summed E-state index contributed by atoms with van der Waals surface area (Å²) in [5.74, 6) is 1.19. The van der Waals surface area contributed by atoms with Crippen LogP contribution in [0.3, 0.4) is 0 Å². The fraction of sp³-hybridized carbons (Fsp3) is 0.875. The van der Waals surface area contributed by atoms with Crippen molar-refractivity contribution in [1.29, 1.82) is 0 Å². The molecule has 68 valence electrons. The second-order valence-corrected chi connectivity index (χ2v) is 9.75. The van der Waals surface area contributed by atoms with E-state index in [4.69, 9.17) is 0 Å². The predicted octanol–water partition coefficient (Wildman–Crippen LogP) is 2.00. The standard InChI is InChI=1S/C8H16N2SSi/c1-12(2)5-3-4-10(12)8-6-11-7-9-8/h7-8H,3-6H2,1-2H3. The van der Waals surface area contributed by atoms with Crippen LogP contribution >= 0.6 is 11.8 Å². The van der Waals surface area contributed by atoms with Crippen molar-refractivity contribution in [2.75, 3.05) is 12.3 Å². The summed E-state index contributed by atoms with van der Waals surface area (Å²) in [5, 5.41) is 0. The molecule has 0 aromatic carbocycles. The Morgan fingerprint density at radius 2 is 2.42 bits per heavy atom. The van der Waals surface area contributed by atoms with E-state index < -0.39 is 8.24 Å². The summed E-state index contributed by atoms with van der Waals surface area (Å²) in [6, 6.07) is 1.46. The zero-order chi connectivity index (χ0) is 8.60. The van der Waals surface area contributed by atoms with Crippen molar-refractivity contribution in [2.45, 2.75) is 31.7 Å². The predicted molar refractivity (Wildman–Crippen MR) is 58.4 cm³/mol. The molecular formula is C8H16N2SSi. The van der Waals surface area contributed by atoms with Gasteiger partial charge in [0, 0.05) is 5.75 Å². The summed E-state index contributed by atoms with van der Waals surface area (Å²) in [7, 11) is -1.03. The monoisotopic (exact) mass is 200 g/mol. The summed E-state index contributed by atoms with van der Waals surface area (Å²) in [5.41, 5.74) is 2.02. The molecule has 0 spiro atoms. The lowest BCUT2D eigenvalue weighted by atomic mass is 10.4. The molecule has 0 aliphatic carbocycles. The molecule has 2 nitrogen and oxygen atoms in total. The molecule has 2 aliphatic heterocycles. The van der Waals surface area contributed by atoms with E-state index in [1.165, 1.54) is 24.8 Å². The highest BCUT2D eigenvalue weighted by Gasteiger charge is 2.39. The maximum absolute atomic E-state index is 4.51. The molecule has 0 radical (unpaired) electrons. The zero-order valence-electron chi connectivity index (χ0n) is 7.79. The second-order valence-electron chi connectivity index (χ2n) is 4.18. The van der Waals surface area contributed by atoms with Gasteiger partial charge in [-0.25, -0.2) is 0 Å². The van der Waals surface area contributed by atoms with Crippen LogP contribution in [0, 0.1) is 0 Å². The summed E-state index contributed by atoms with van der Waals surface area (Å²) in [6.45, 7) is 6.23. The third-order valence-electron chi connectivity index (χ3n) is 2.88. The molecular weight excluding hydrogens is 184 g/mol. The number of hydrogen-bond acceptors (Lipinski definition) is 3. The molecule has 2 aliphatic rings. The van der Waals surface area contributed by atoms with Crippen molar-refractivity contribution in [2.24, 2.45) is 4.99 Å².